The molecule has 0 amide bonds. The molecule has 198 valence electrons. The number of nitrogens with zero attached hydrogens (tertiary/aromatic N) is 2. The molecule has 0 bridgehead atoms. The van der Waals surface area contributed by atoms with E-state index in [0.717, 1.165) is 56.2 Å². The normalized spacial score (nSPS) is 66.1. The summed E-state index contributed by atoms with van der Waals surface area (Å²) < 4.78 is 22.9. The first-order chi connectivity index (χ1) is 18.2. The molecule has 1 aromatic heterocycles. The number of hydrogen-bond acceptors (Lipinski definition) is 6. The van der Waals surface area contributed by atoms with Gasteiger partial charge in [-0.25, -0.2) is 0 Å². The minimum absolute atomic E-state index is 0.0587. The summed E-state index contributed by atoms with van der Waals surface area (Å²) in [5.41, 5.74) is 0.519. The molecule has 1 spiro atoms. The summed E-state index contributed by atoms with van der Waals surface area (Å²) >= 11 is 0. The number of piperazine rings is 1. The number of Topliss-reactive ketones (excluding diaryl/α,β-unsaturated/α-hetero) is 1. The summed E-state index contributed by atoms with van der Waals surface area (Å²) in [6.45, 7) is -1.76. The number of halogens is 1. The Kier molecular flexibility index (Phi) is 1.28. The zero-order chi connectivity index (χ0) is 25.0. The Hall–Kier alpha value is -2.22. The number of rotatable bonds is 5. The fourth-order valence-corrected chi connectivity index (χ4v) is 94.8. The second kappa shape index (κ2) is 2.68. The van der Waals surface area contributed by atoms with Crippen molar-refractivity contribution >= 4 is 28.3 Å². The van der Waals surface area contributed by atoms with Crippen LogP contribution < -0.4 is 15.6 Å². The second-order valence-electron chi connectivity index (χ2n) is 16.8. The van der Waals surface area contributed by atoms with Crippen molar-refractivity contribution in [3.63, 3.8) is 0 Å². The van der Waals surface area contributed by atoms with Gasteiger partial charge in [-0.2, -0.15) is 0 Å². The molecule has 0 radical (unpaired) electrons. The number of anilines is 1. The number of esters is 1. The van der Waals surface area contributed by atoms with E-state index in [0.29, 0.717) is 36.6 Å². The van der Waals surface area contributed by atoms with Crippen LogP contribution in [0.2, 0.25) is 47.7 Å². The molecule has 2 aromatic rings. The molecule has 1 aromatic carbocycles. The van der Waals surface area contributed by atoms with Crippen LogP contribution in [0.15, 0.2) is 23.1 Å². The fourth-order valence-electron chi connectivity index (χ4n) is 20.8. The topological polar surface area (TPSA) is 80.6 Å². The van der Waals surface area contributed by atoms with Crippen LogP contribution in [0, 0.1) is 5.82 Å². The van der Waals surface area contributed by atoms with Gasteiger partial charge in [-0.3, -0.25) is 0 Å². The van der Waals surface area contributed by atoms with Crippen molar-refractivity contribution in [1.29, 1.82) is 0 Å². The molecule has 1 aliphatic carbocycles. The van der Waals surface area contributed by atoms with Gasteiger partial charge in [-0.1, -0.05) is 0 Å². The third-order valence-corrected chi connectivity index (χ3v) is 62.7. The number of carbonyl (C=O) groups is 2. The van der Waals surface area contributed by atoms with Gasteiger partial charge in [0.15, 0.2) is 0 Å². The maximum atomic E-state index is 16.0. The maximum absolute atomic E-state index is 16.0. The molecular formula is C29H28FFeN3O4. The number of carbonyl (C=O) groups excluding carboxylic acids is 2. The quantitative estimate of drug-likeness (QED) is 0.435. The molecule has 7 nitrogen and oxygen atoms in total. The number of ketones is 1. The average molecular weight is 557 g/mol. The Morgan fingerprint density at radius 3 is 2.32 bits per heavy atom. The molecule has 12 heterocycles. The minimum atomic E-state index is -3.64. The number of benzene rings is 1. The molecule has 5 atom stereocenters. The van der Waals surface area contributed by atoms with E-state index >= 15 is 4.39 Å². The van der Waals surface area contributed by atoms with Crippen LogP contribution in [0.5, 0.6) is 0 Å². The van der Waals surface area contributed by atoms with Crippen LogP contribution in [-0.2, 0) is 16.0 Å². The van der Waals surface area contributed by atoms with Gasteiger partial charge in [-0.15, -0.1) is 0 Å². The van der Waals surface area contributed by atoms with Crippen LogP contribution >= 0.6 is 0 Å². The summed E-state index contributed by atoms with van der Waals surface area (Å²) in [5.74, 6) is -0.670. The van der Waals surface area contributed by atoms with Gasteiger partial charge >= 0.3 is 201 Å². The predicted molar refractivity (Wildman–Crippen MR) is 133 cm³/mol. The van der Waals surface area contributed by atoms with Crippen molar-refractivity contribution in [2.45, 2.75) is 72.6 Å². The van der Waals surface area contributed by atoms with Crippen molar-refractivity contribution in [2.75, 3.05) is 31.6 Å². The summed E-state index contributed by atoms with van der Waals surface area (Å²) in [5, 5.41) is 3.68. The molecule has 9 heteroatoms. The van der Waals surface area contributed by atoms with Crippen LogP contribution in [0.4, 0.5) is 10.1 Å². The zero-order valence-corrected chi connectivity index (χ0v) is 22.0. The van der Waals surface area contributed by atoms with Gasteiger partial charge in [0, 0.05) is 0 Å². The van der Waals surface area contributed by atoms with Gasteiger partial charge in [-0.05, 0) is 0 Å². The van der Waals surface area contributed by atoms with E-state index in [2.05, 4.69) is 10.2 Å². The average Bonchev–Trinajstić information content (AvgIpc) is 3.91. The van der Waals surface area contributed by atoms with Gasteiger partial charge in [0.2, 0.25) is 0 Å². The van der Waals surface area contributed by atoms with Gasteiger partial charge in [0.05, 0.1) is 7.11 Å². The predicted octanol–water partition coefficient (Wildman–Crippen LogP) is 4.37. The number of ether oxygens (including phenoxy) is 1. The number of methoxy groups -OCH3 is 1. The van der Waals surface area contributed by atoms with Gasteiger partial charge < -0.3 is 0 Å². The Morgan fingerprint density at radius 1 is 1.08 bits per heavy atom. The fraction of sp³-hybridized carbons (Fsp3) is 0.621. The van der Waals surface area contributed by atoms with Crippen LogP contribution in [0.25, 0.3) is 10.9 Å². The standard InChI is InChI=1S/C24H23FN3O4.C5H5.Fe/c1-32-24(31)17-13-28(15-6-7-15)19-11-20(18(25)10-16(19)23(17)30)27-9-8-26-12-21(27)22(29)14-4-2-3-5-14;1-2-4-5-3-1;/h2-5,10-11,13,15,21,26H,6-9,12H2,1H3;1-5H;. The van der Waals surface area contributed by atoms with Crippen molar-refractivity contribution in [1.82, 2.24) is 9.88 Å². The SMILES string of the molecule is COC(=O)c1cn(C2CC2)c2cc(N3CCNCC3C(=O)[C]34[CH]5[CH]6[CH]7[CH]3[Fe]6754389%10[CH]4[CH]3[CH]8[CH]9[CH]4%10)c(F)cc2c1=O. The summed E-state index contributed by atoms with van der Waals surface area (Å²) in [6, 6.07) is 2.95. The molecule has 14 rings (SSSR count). The Morgan fingerprint density at radius 2 is 1.76 bits per heavy atom. The van der Waals surface area contributed by atoms with Crippen molar-refractivity contribution < 1.29 is 25.2 Å². The molecule has 1 N–H and O–H groups in total. The van der Waals surface area contributed by atoms with E-state index in [1.54, 1.807) is 12.3 Å². The number of aromatic nitrogens is 1. The Labute approximate surface area is 207 Å². The van der Waals surface area contributed by atoms with E-state index in [9.17, 15) is 14.4 Å². The van der Waals surface area contributed by atoms with E-state index in [4.69, 9.17) is 4.74 Å². The van der Waals surface area contributed by atoms with Gasteiger partial charge in [0.1, 0.15) is 0 Å². The Bertz CT molecular complexity index is 2100. The molecule has 1 saturated carbocycles. The van der Waals surface area contributed by atoms with Crippen LogP contribution in [0.3, 0.4) is 0 Å². The second-order valence-corrected chi connectivity index (χ2v) is 40.3. The number of nitrogens with one attached hydrogen (secondary N) is 1. The third-order valence-electron chi connectivity index (χ3n) is 20.4. The van der Waals surface area contributed by atoms with E-state index in [1.165, 1.54) is 13.2 Å². The summed E-state index contributed by atoms with van der Waals surface area (Å²) in [4.78, 5) is 51.7. The van der Waals surface area contributed by atoms with Gasteiger partial charge in [0.25, 0.3) is 0 Å². The monoisotopic (exact) mass is 557 g/mol. The molecule has 11 saturated heterocycles. The first-order valence-corrected chi connectivity index (χ1v) is 20.7. The number of fused-ring (bicyclic) bond motifs is 11. The number of pyridine rings is 1. The van der Waals surface area contributed by atoms with Crippen LogP contribution in [0.1, 0.15) is 29.2 Å². The molecule has 5 unspecified atom stereocenters. The molecular weight excluding hydrogens is 529 g/mol. The van der Waals surface area contributed by atoms with Crippen LogP contribution in [-0.4, -0.2) is 49.1 Å². The van der Waals surface area contributed by atoms with Crippen molar-refractivity contribution in [3.8, 4) is 0 Å². The van der Waals surface area contributed by atoms with Crippen molar-refractivity contribution in [2.24, 2.45) is 0 Å². The number of hydrogen-bond donors (Lipinski definition) is 1. The van der Waals surface area contributed by atoms with E-state index in [1.807, 2.05) is 4.57 Å². The van der Waals surface area contributed by atoms with E-state index < -0.39 is 23.7 Å². The molecule has 38 heavy (non-hydrogen) atoms. The first-order valence-electron chi connectivity index (χ1n) is 14.4. The van der Waals surface area contributed by atoms with Crippen molar-refractivity contribution in [3.05, 3.63) is 39.9 Å². The summed E-state index contributed by atoms with van der Waals surface area (Å²) in [7, 11) is 1.25. The Balaban J connectivity index is 0.951. The third kappa shape index (κ3) is 0.460. The molecule has 12 fully saturated rings. The summed E-state index contributed by atoms with van der Waals surface area (Å²) in [6.07, 6.45) is 3.50. The molecule has 11 aliphatic heterocycles. The zero-order valence-electron chi connectivity index (χ0n) is 20.9. The molecule has 12 aliphatic rings. The van der Waals surface area contributed by atoms with E-state index in [-0.39, 0.29) is 27.3 Å². The first kappa shape index (κ1) is 18.2.